The highest BCUT2D eigenvalue weighted by atomic mass is 35.5. The van der Waals surface area contributed by atoms with Gasteiger partial charge in [0, 0.05) is 30.8 Å². The number of hydrogen-bond donors (Lipinski definition) is 0. The van der Waals surface area contributed by atoms with Gasteiger partial charge in [-0.3, -0.25) is 14.2 Å². The van der Waals surface area contributed by atoms with Gasteiger partial charge in [0.1, 0.15) is 13.2 Å². The molecule has 34 heavy (non-hydrogen) atoms. The van der Waals surface area contributed by atoms with Gasteiger partial charge >= 0.3 is 11.7 Å². The van der Waals surface area contributed by atoms with Crippen molar-refractivity contribution in [3.05, 3.63) is 86.0 Å². The van der Waals surface area contributed by atoms with Crippen molar-refractivity contribution in [2.24, 2.45) is 7.05 Å². The van der Waals surface area contributed by atoms with Crippen molar-refractivity contribution in [3.63, 3.8) is 0 Å². The first-order valence-corrected chi connectivity index (χ1v) is 11.2. The predicted molar refractivity (Wildman–Crippen MR) is 129 cm³/mol. The molecule has 3 heterocycles. The van der Waals surface area contributed by atoms with Gasteiger partial charge in [-0.2, -0.15) is 4.98 Å². The van der Waals surface area contributed by atoms with Crippen LogP contribution in [0.3, 0.4) is 0 Å². The lowest BCUT2D eigenvalue weighted by Crippen LogP contribution is -2.41. The second-order valence-electron chi connectivity index (χ2n) is 8.10. The Kier molecular flexibility index (Phi) is 5.70. The number of halogens is 1. The fraction of sp³-hybridized carbons (Fsp3) is 0.250. The number of rotatable bonds is 5. The molecule has 0 unspecified atom stereocenters. The van der Waals surface area contributed by atoms with Gasteiger partial charge in [-0.05, 0) is 30.2 Å². The highest BCUT2D eigenvalue weighted by Gasteiger charge is 2.27. The van der Waals surface area contributed by atoms with Crippen LogP contribution in [0.15, 0.2) is 64.2 Å². The monoisotopic (exact) mass is 479 g/mol. The zero-order valence-corrected chi connectivity index (χ0v) is 19.2. The molecule has 1 aliphatic rings. The van der Waals surface area contributed by atoms with E-state index in [1.807, 2.05) is 53.4 Å². The molecule has 0 atom stereocenters. The van der Waals surface area contributed by atoms with Crippen LogP contribution < -0.4 is 16.1 Å². The van der Waals surface area contributed by atoms with Crippen LogP contribution >= 0.6 is 11.6 Å². The van der Waals surface area contributed by atoms with Crippen molar-refractivity contribution in [1.82, 2.24) is 18.7 Å². The normalized spacial score (nSPS) is 13.2. The number of nitrogens with zero attached hydrogens (tertiary/aromatic N) is 5. The molecule has 0 saturated carbocycles. The van der Waals surface area contributed by atoms with E-state index in [1.165, 1.54) is 4.57 Å². The number of anilines is 2. The van der Waals surface area contributed by atoms with Crippen LogP contribution in [-0.2, 0) is 36.3 Å². The third-order valence-corrected chi connectivity index (χ3v) is 6.10. The van der Waals surface area contributed by atoms with Crippen LogP contribution in [0.1, 0.15) is 12.0 Å². The lowest BCUT2D eigenvalue weighted by Gasteiger charge is -2.29. The maximum absolute atomic E-state index is 13.4. The number of carbonyl (C=O) groups is 1. The van der Waals surface area contributed by atoms with E-state index in [-0.39, 0.29) is 17.8 Å². The summed E-state index contributed by atoms with van der Waals surface area (Å²) in [5.41, 5.74) is 1.02. The molecule has 4 aromatic rings. The summed E-state index contributed by atoms with van der Waals surface area (Å²) in [6.07, 6.45) is 0.770. The standard InChI is InChI=1S/C24H22ClN5O4/c1-27-21-20(29-12-6-11-28(23(29)26-21)18-10-5-9-17(25)13-18)22(32)30(24(27)33)14-19(31)34-15-16-7-3-2-4-8-16/h2-5,7-10,13H,6,11-12,14-15H2,1H3. The summed E-state index contributed by atoms with van der Waals surface area (Å²) in [5.74, 6) is -0.110. The summed E-state index contributed by atoms with van der Waals surface area (Å²) >= 11 is 6.18. The van der Waals surface area contributed by atoms with E-state index in [9.17, 15) is 14.4 Å². The molecule has 0 saturated heterocycles. The van der Waals surface area contributed by atoms with Gasteiger partial charge in [0.25, 0.3) is 5.56 Å². The fourth-order valence-electron chi connectivity index (χ4n) is 4.21. The molecular formula is C24H22ClN5O4. The Bertz CT molecular complexity index is 1510. The van der Waals surface area contributed by atoms with E-state index < -0.39 is 23.8 Å². The van der Waals surface area contributed by atoms with E-state index in [2.05, 4.69) is 4.98 Å². The highest BCUT2D eigenvalue weighted by Crippen LogP contribution is 2.32. The van der Waals surface area contributed by atoms with E-state index >= 15 is 0 Å². The summed E-state index contributed by atoms with van der Waals surface area (Å²) in [5, 5.41) is 0.592. The first-order chi connectivity index (χ1) is 16.4. The van der Waals surface area contributed by atoms with Gasteiger partial charge in [-0.1, -0.05) is 48.0 Å². The molecule has 0 bridgehead atoms. The van der Waals surface area contributed by atoms with Crippen LogP contribution in [0.4, 0.5) is 11.6 Å². The topological polar surface area (TPSA) is 91.4 Å². The lowest BCUT2D eigenvalue weighted by molar-refractivity contribution is -0.145. The van der Waals surface area contributed by atoms with E-state index in [0.717, 1.165) is 22.2 Å². The molecule has 1 aliphatic heterocycles. The van der Waals surface area contributed by atoms with Crippen molar-refractivity contribution in [1.29, 1.82) is 0 Å². The largest absolute Gasteiger partial charge is 0.459 e. The third-order valence-electron chi connectivity index (χ3n) is 5.87. The van der Waals surface area contributed by atoms with Crippen LogP contribution in [0, 0.1) is 0 Å². The van der Waals surface area contributed by atoms with Crippen LogP contribution in [0.2, 0.25) is 5.02 Å². The number of aromatic nitrogens is 4. The number of benzene rings is 2. The van der Waals surface area contributed by atoms with E-state index in [4.69, 9.17) is 16.3 Å². The number of fused-ring (bicyclic) bond motifs is 3. The number of ether oxygens (including phenoxy) is 1. The molecule has 0 spiro atoms. The van der Waals surface area contributed by atoms with Crippen molar-refractivity contribution in [2.75, 3.05) is 11.4 Å². The summed E-state index contributed by atoms with van der Waals surface area (Å²) in [7, 11) is 1.54. The zero-order valence-electron chi connectivity index (χ0n) is 18.5. The number of aryl methyl sites for hydroxylation is 2. The molecule has 5 rings (SSSR count). The molecule has 0 N–H and O–H groups in total. The molecule has 2 aromatic heterocycles. The van der Waals surface area contributed by atoms with Gasteiger partial charge in [0.2, 0.25) is 5.95 Å². The minimum absolute atomic E-state index is 0.0632. The number of esters is 1. The molecule has 10 heteroatoms. The quantitative estimate of drug-likeness (QED) is 0.409. The average Bonchev–Trinajstić information content (AvgIpc) is 3.25. The second kappa shape index (κ2) is 8.83. The van der Waals surface area contributed by atoms with Crippen molar-refractivity contribution >= 4 is 40.4 Å². The van der Waals surface area contributed by atoms with Crippen molar-refractivity contribution in [2.45, 2.75) is 26.1 Å². The Morgan fingerprint density at radius 3 is 2.65 bits per heavy atom. The first-order valence-electron chi connectivity index (χ1n) is 10.9. The summed E-state index contributed by atoms with van der Waals surface area (Å²) < 4.78 is 9.28. The third kappa shape index (κ3) is 3.88. The van der Waals surface area contributed by atoms with Crippen LogP contribution in [-0.4, -0.2) is 31.2 Å². The lowest BCUT2D eigenvalue weighted by atomic mass is 10.2. The number of carbonyl (C=O) groups excluding carboxylic acids is 1. The van der Waals surface area contributed by atoms with Gasteiger partial charge in [0.05, 0.1) is 0 Å². The van der Waals surface area contributed by atoms with Gasteiger partial charge in [-0.15, -0.1) is 0 Å². The molecule has 174 valence electrons. The maximum atomic E-state index is 13.4. The average molecular weight is 480 g/mol. The molecule has 0 fully saturated rings. The molecule has 0 aliphatic carbocycles. The molecule has 0 radical (unpaired) electrons. The van der Waals surface area contributed by atoms with Crippen LogP contribution in [0.5, 0.6) is 0 Å². The minimum Gasteiger partial charge on any atom is -0.459 e. The Balaban J connectivity index is 1.52. The van der Waals surface area contributed by atoms with Crippen molar-refractivity contribution in [3.8, 4) is 0 Å². The Morgan fingerprint density at radius 2 is 1.88 bits per heavy atom. The second-order valence-corrected chi connectivity index (χ2v) is 8.54. The number of imidazole rings is 1. The minimum atomic E-state index is -0.665. The summed E-state index contributed by atoms with van der Waals surface area (Å²) in [6.45, 7) is 0.840. The summed E-state index contributed by atoms with van der Waals surface area (Å²) in [6, 6.07) is 16.6. The Morgan fingerprint density at radius 1 is 1.09 bits per heavy atom. The maximum Gasteiger partial charge on any atom is 0.333 e. The Hall–Kier alpha value is -3.85. The molecular weight excluding hydrogens is 458 g/mol. The molecule has 0 amide bonds. The zero-order chi connectivity index (χ0) is 23.8. The van der Waals surface area contributed by atoms with E-state index in [0.29, 0.717) is 24.1 Å². The SMILES string of the molecule is Cn1c(=O)n(CC(=O)OCc2ccccc2)c(=O)c2c1nc1n2CCCN1c1cccc(Cl)c1. The van der Waals surface area contributed by atoms with Gasteiger partial charge < -0.3 is 14.2 Å². The van der Waals surface area contributed by atoms with Gasteiger partial charge in [-0.25, -0.2) is 9.36 Å². The predicted octanol–water partition coefficient (Wildman–Crippen LogP) is 2.84. The van der Waals surface area contributed by atoms with Gasteiger partial charge in [0.15, 0.2) is 11.2 Å². The smallest absolute Gasteiger partial charge is 0.333 e. The first kappa shape index (κ1) is 22.0. The van der Waals surface area contributed by atoms with Crippen LogP contribution in [0.25, 0.3) is 11.2 Å². The molecule has 2 aromatic carbocycles. The summed E-state index contributed by atoms with van der Waals surface area (Å²) in [4.78, 5) is 45.4. The Labute approximate surface area is 199 Å². The fourth-order valence-corrected chi connectivity index (χ4v) is 4.39. The van der Waals surface area contributed by atoms with Crippen molar-refractivity contribution < 1.29 is 9.53 Å². The number of hydrogen-bond acceptors (Lipinski definition) is 6. The highest BCUT2D eigenvalue weighted by molar-refractivity contribution is 6.30. The molecule has 9 nitrogen and oxygen atoms in total. The van der Waals surface area contributed by atoms with E-state index in [1.54, 1.807) is 17.7 Å².